The molecule has 1 atom stereocenters. The van der Waals surface area contributed by atoms with Crippen molar-refractivity contribution in [2.45, 2.75) is 6.23 Å². The Labute approximate surface area is 155 Å². The summed E-state index contributed by atoms with van der Waals surface area (Å²) in [4.78, 5) is 24.9. The molecule has 0 saturated heterocycles. The summed E-state index contributed by atoms with van der Waals surface area (Å²) in [5.74, 6) is 1.33. The fraction of sp³-hybridized carbons (Fsp3) is 0.333. The van der Waals surface area contributed by atoms with E-state index in [4.69, 9.17) is 0 Å². The van der Waals surface area contributed by atoms with Gasteiger partial charge in [0.1, 0.15) is 30.4 Å². The number of amides is 1. The minimum absolute atomic E-state index is 0.0331. The van der Waals surface area contributed by atoms with E-state index in [1.165, 1.54) is 12.0 Å². The fourth-order valence-electron chi connectivity index (χ4n) is 2.40. The summed E-state index contributed by atoms with van der Waals surface area (Å²) < 4.78 is 4.45. The van der Waals surface area contributed by atoms with Crippen LogP contribution in [0.3, 0.4) is 0 Å². The van der Waals surface area contributed by atoms with Gasteiger partial charge in [0, 0.05) is 18.2 Å². The molecule has 1 aliphatic heterocycles. The van der Waals surface area contributed by atoms with E-state index in [0.717, 1.165) is 5.56 Å². The number of hydrogen-bond donors (Lipinski definition) is 3. The van der Waals surface area contributed by atoms with Gasteiger partial charge in [0.15, 0.2) is 11.5 Å². The SMILES string of the molecule is COC(=O)CNC(=O)C1=C(O)c2ccc(C#C[S+](C)C)cc2N(C)C1O. The Morgan fingerprint density at radius 3 is 2.69 bits per heavy atom. The standard InChI is InChI=1S/C18H20N2O5S/c1-20-13-9-11(7-8-26(3)4)5-6-12(13)16(22)15(18(20)24)17(23)19-10-14(21)25-2/h5-6,9,18,24H,10H2,1-4H3,(H-,19,22,23)/p+1. The molecule has 1 aromatic rings. The van der Waals surface area contributed by atoms with E-state index in [9.17, 15) is 19.8 Å². The summed E-state index contributed by atoms with van der Waals surface area (Å²) in [6.45, 7) is -0.361. The Kier molecular flexibility index (Phi) is 6.18. The second-order valence-corrected chi connectivity index (χ2v) is 7.62. The Morgan fingerprint density at radius 2 is 2.08 bits per heavy atom. The molecule has 1 aromatic carbocycles. The van der Waals surface area contributed by atoms with E-state index in [2.05, 4.69) is 21.2 Å². The topological polar surface area (TPSA) is 99.1 Å². The predicted molar refractivity (Wildman–Crippen MR) is 102 cm³/mol. The first-order chi connectivity index (χ1) is 12.3. The van der Waals surface area contributed by atoms with Crippen molar-refractivity contribution < 1.29 is 24.5 Å². The second-order valence-electron chi connectivity index (χ2n) is 5.78. The number of nitrogens with one attached hydrogen (secondary N) is 1. The molecule has 138 valence electrons. The normalized spacial score (nSPS) is 15.9. The molecule has 0 spiro atoms. The van der Waals surface area contributed by atoms with Crippen LogP contribution in [0.15, 0.2) is 23.8 Å². The van der Waals surface area contributed by atoms with Gasteiger partial charge in [0.05, 0.1) is 23.7 Å². The first kappa shape index (κ1) is 19.7. The smallest absolute Gasteiger partial charge is 0.325 e. The van der Waals surface area contributed by atoms with E-state index < -0.39 is 18.1 Å². The lowest BCUT2D eigenvalue weighted by Gasteiger charge is -2.33. The van der Waals surface area contributed by atoms with Crippen molar-refractivity contribution in [2.24, 2.45) is 0 Å². The van der Waals surface area contributed by atoms with Crippen LogP contribution in [0.2, 0.25) is 0 Å². The molecule has 0 aliphatic carbocycles. The van der Waals surface area contributed by atoms with Crippen LogP contribution in [0, 0.1) is 11.2 Å². The number of aliphatic hydroxyl groups excluding tert-OH is 2. The molecule has 1 heterocycles. The molecule has 0 aromatic heterocycles. The molecule has 0 saturated carbocycles. The minimum Gasteiger partial charge on any atom is -0.507 e. The second kappa shape index (κ2) is 8.17. The molecule has 0 fully saturated rings. The summed E-state index contributed by atoms with van der Waals surface area (Å²) in [5, 5.41) is 26.3. The highest BCUT2D eigenvalue weighted by Gasteiger charge is 2.34. The van der Waals surface area contributed by atoms with Crippen molar-refractivity contribution in [2.75, 3.05) is 38.1 Å². The van der Waals surface area contributed by atoms with Gasteiger partial charge in [0.25, 0.3) is 5.91 Å². The number of methoxy groups -OCH3 is 1. The van der Waals surface area contributed by atoms with Crippen LogP contribution in [-0.4, -0.2) is 61.5 Å². The maximum atomic E-state index is 12.3. The quantitative estimate of drug-likeness (QED) is 0.395. The predicted octanol–water partition coefficient (Wildman–Crippen LogP) is 0.200. The molecule has 0 radical (unpaired) electrons. The van der Waals surface area contributed by atoms with E-state index in [1.807, 2.05) is 12.5 Å². The maximum absolute atomic E-state index is 12.3. The fourth-order valence-corrected chi connectivity index (χ4v) is 2.72. The van der Waals surface area contributed by atoms with Gasteiger partial charge >= 0.3 is 5.97 Å². The zero-order chi connectivity index (χ0) is 19.4. The lowest BCUT2D eigenvalue weighted by Crippen LogP contribution is -2.44. The number of esters is 1. The third kappa shape index (κ3) is 4.12. The van der Waals surface area contributed by atoms with Crippen LogP contribution in [0.25, 0.3) is 5.76 Å². The number of likely N-dealkylation sites (N-methyl/N-ethyl adjacent to an activating group) is 1. The number of rotatable bonds is 3. The molecule has 2 rings (SSSR count). The van der Waals surface area contributed by atoms with E-state index in [1.54, 1.807) is 25.2 Å². The Hall–Kier alpha value is -2.63. The summed E-state index contributed by atoms with van der Waals surface area (Å²) >= 11 is 0. The van der Waals surface area contributed by atoms with Crippen LogP contribution >= 0.6 is 0 Å². The molecule has 26 heavy (non-hydrogen) atoms. The molecule has 1 amide bonds. The monoisotopic (exact) mass is 377 g/mol. The Balaban J connectivity index is 2.39. The van der Waals surface area contributed by atoms with Crippen LogP contribution in [0.1, 0.15) is 11.1 Å². The first-order valence-electron chi connectivity index (χ1n) is 7.69. The third-order valence-corrected chi connectivity index (χ3v) is 4.29. The lowest BCUT2D eigenvalue weighted by atomic mass is 9.97. The molecule has 1 unspecified atom stereocenters. The van der Waals surface area contributed by atoms with Crippen molar-refractivity contribution in [1.29, 1.82) is 0 Å². The Bertz CT molecular complexity index is 823. The molecule has 7 nitrogen and oxygen atoms in total. The van der Waals surface area contributed by atoms with Crippen LogP contribution in [0.5, 0.6) is 0 Å². The lowest BCUT2D eigenvalue weighted by molar-refractivity contribution is -0.140. The number of anilines is 1. The average Bonchev–Trinajstić information content (AvgIpc) is 2.62. The maximum Gasteiger partial charge on any atom is 0.325 e. The van der Waals surface area contributed by atoms with Crippen molar-refractivity contribution in [3.8, 4) is 11.2 Å². The number of fused-ring (bicyclic) bond motifs is 1. The van der Waals surface area contributed by atoms with Crippen molar-refractivity contribution in [3.05, 3.63) is 34.9 Å². The average molecular weight is 377 g/mol. The number of benzene rings is 1. The van der Waals surface area contributed by atoms with Gasteiger partial charge in [0.2, 0.25) is 0 Å². The number of carbonyl (C=O) groups excluding carboxylic acids is 2. The molecule has 8 heteroatoms. The van der Waals surface area contributed by atoms with Crippen molar-refractivity contribution >= 4 is 34.2 Å². The number of ether oxygens (including phenoxy) is 1. The minimum atomic E-state index is -1.37. The van der Waals surface area contributed by atoms with Gasteiger partial charge in [-0.2, -0.15) is 0 Å². The van der Waals surface area contributed by atoms with Gasteiger partial charge in [-0.15, -0.1) is 0 Å². The Morgan fingerprint density at radius 1 is 1.38 bits per heavy atom. The van der Waals surface area contributed by atoms with Crippen molar-refractivity contribution in [1.82, 2.24) is 5.32 Å². The van der Waals surface area contributed by atoms with Crippen LogP contribution in [-0.2, 0) is 25.2 Å². The third-order valence-electron chi connectivity index (χ3n) is 3.78. The van der Waals surface area contributed by atoms with E-state index in [0.29, 0.717) is 11.3 Å². The first-order valence-corrected chi connectivity index (χ1v) is 9.73. The summed E-state index contributed by atoms with van der Waals surface area (Å²) in [7, 11) is 2.77. The van der Waals surface area contributed by atoms with Gasteiger partial charge in [-0.25, -0.2) is 0 Å². The van der Waals surface area contributed by atoms with Gasteiger partial charge < -0.3 is 25.2 Å². The summed E-state index contributed by atoms with van der Waals surface area (Å²) in [6, 6.07) is 5.14. The van der Waals surface area contributed by atoms with Crippen LogP contribution < -0.4 is 10.2 Å². The van der Waals surface area contributed by atoms with Gasteiger partial charge in [-0.05, 0) is 24.1 Å². The zero-order valence-corrected chi connectivity index (χ0v) is 15.8. The van der Waals surface area contributed by atoms with E-state index >= 15 is 0 Å². The zero-order valence-electron chi connectivity index (χ0n) is 15.0. The highest BCUT2D eigenvalue weighted by Crippen LogP contribution is 2.35. The molecular formula is C18H21N2O5S+. The largest absolute Gasteiger partial charge is 0.507 e. The summed E-state index contributed by atoms with van der Waals surface area (Å²) in [6.07, 6.45) is 2.65. The molecular weight excluding hydrogens is 356 g/mol. The molecule has 0 bridgehead atoms. The number of carbonyl (C=O) groups is 2. The number of aliphatic hydroxyl groups is 2. The van der Waals surface area contributed by atoms with Crippen LogP contribution in [0.4, 0.5) is 5.69 Å². The summed E-state index contributed by atoms with van der Waals surface area (Å²) in [5.41, 5.74) is 1.47. The van der Waals surface area contributed by atoms with Gasteiger partial charge in [-0.1, -0.05) is 0 Å². The number of hydrogen-bond acceptors (Lipinski definition) is 6. The van der Waals surface area contributed by atoms with Crippen molar-refractivity contribution in [3.63, 3.8) is 0 Å². The highest BCUT2D eigenvalue weighted by atomic mass is 32.2. The van der Waals surface area contributed by atoms with E-state index in [-0.39, 0.29) is 28.8 Å². The van der Waals surface area contributed by atoms with Gasteiger partial charge in [-0.3, -0.25) is 9.59 Å². The highest BCUT2D eigenvalue weighted by molar-refractivity contribution is 8.00. The molecule has 1 aliphatic rings. The molecule has 3 N–H and O–H groups in total. The number of nitrogens with zero attached hydrogens (tertiary/aromatic N) is 1.